The van der Waals surface area contributed by atoms with Crippen molar-refractivity contribution in [2.24, 2.45) is 15.9 Å². The first-order valence-electron chi connectivity index (χ1n) is 6.46. The van der Waals surface area contributed by atoms with Gasteiger partial charge in [0.25, 0.3) is 0 Å². The lowest BCUT2D eigenvalue weighted by Crippen LogP contribution is -2.07. The highest BCUT2D eigenvalue weighted by atomic mass is 32.2. The summed E-state index contributed by atoms with van der Waals surface area (Å²) in [6.45, 7) is 0. The summed E-state index contributed by atoms with van der Waals surface area (Å²) in [4.78, 5) is 0. The zero-order valence-electron chi connectivity index (χ0n) is 11.9. The minimum atomic E-state index is -2.23. The number of rotatable bonds is 4. The number of hydrogen-bond donors (Lipinski definition) is 1. The maximum atomic E-state index is 13.4. The highest BCUT2D eigenvalue weighted by Gasteiger charge is 2.24. The third-order valence-corrected chi connectivity index (χ3v) is 3.67. The van der Waals surface area contributed by atoms with Crippen LogP contribution >= 0.6 is 11.8 Å². The molecule has 2 N–H and O–H groups in total. The Kier molecular flexibility index (Phi) is 5.91. The SMILES string of the molecule is NC(=NN=Cc1c(F)c(F)c(F)c(F)c1F)SCc1ccccc1. The maximum absolute atomic E-state index is 13.4. The molecule has 0 aromatic heterocycles. The van der Waals surface area contributed by atoms with Crippen molar-refractivity contribution in [2.75, 3.05) is 0 Å². The predicted molar refractivity (Wildman–Crippen MR) is 83.2 cm³/mol. The van der Waals surface area contributed by atoms with Gasteiger partial charge in [0, 0.05) is 5.75 Å². The second kappa shape index (κ2) is 7.91. The van der Waals surface area contributed by atoms with Gasteiger partial charge in [0.1, 0.15) is 0 Å². The van der Waals surface area contributed by atoms with Crippen molar-refractivity contribution in [3.05, 3.63) is 70.5 Å². The number of benzene rings is 2. The van der Waals surface area contributed by atoms with E-state index in [4.69, 9.17) is 5.73 Å². The van der Waals surface area contributed by atoms with E-state index in [-0.39, 0.29) is 5.17 Å². The molecule has 0 saturated carbocycles. The van der Waals surface area contributed by atoms with Crippen LogP contribution in [0.25, 0.3) is 0 Å². The van der Waals surface area contributed by atoms with E-state index >= 15 is 0 Å². The molecule has 0 radical (unpaired) electrons. The normalized spacial score (nSPS) is 12.1. The molecule has 126 valence electrons. The summed E-state index contributed by atoms with van der Waals surface area (Å²) in [5.41, 5.74) is 5.33. The van der Waals surface area contributed by atoms with Crippen LogP contribution in [-0.4, -0.2) is 11.4 Å². The van der Waals surface area contributed by atoms with Gasteiger partial charge in [-0.05, 0) is 5.56 Å². The minimum absolute atomic E-state index is 0.0287. The summed E-state index contributed by atoms with van der Waals surface area (Å²) in [5.74, 6) is -9.82. The molecular formula is C15H10F5N3S. The summed E-state index contributed by atoms with van der Waals surface area (Å²) in [5, 5.41) is 6.69. The monoisotopic (exact) mass is 359 g/mol. The largest absolute Gasteiger partial charge is 0.377 e. The summed E-state index contributed by atoms with van der Waals surface area (Å²) in [7, 11) is 0. The Balaban J connectivity index is 2.11. The second-order valence-electron chi connectivity index (χ2n) is 4.44. The molecule has 0 heterocycles. The standard InChI is InChI=1S/C15H10F5N3S/c16-10-9(11(17)13(19)14(20)12(10)18)6-22-23-15(21)24-7-8-4-2-1-3-5-8/h1-6H,7H2,(H2,21,23). The summed E-state index contributed by atoms with van der Waals surface area (Å²) in [6.07, 6.45) is 0.423. The average Bonchev–Trinajstić information content (AvgIpc) is 2.60. The van der Waals surface area contributed by atoms with Gasteiger partial charge in [-0.15, -0.1) is 5.10 Å². The zero-order valence-corrected chi connectivity index (χ0v) is 12.8. The minimum Gasteiger partial charge on any atom is -0.377 e. The molecule has 0 bridgehead atoms. The molecule has 2 aromatic rings. The number of hydrogen-bond acceptors (Lipinski definition) is 3. The van der Waals surface area contributed by atoms with Crippen LogP contribution in [0.1, 0.15) is 11.1 Å². The van der Waals surface area contributed by atoms with Gasteiger partial charge in [0.2, 0.25) is 5.82 Å². The lowest BCUT2D eigenvalue weighted by Gasteiger charge is -2.03. The Morgan fingerprint density at radius 3 is 2.04 bits per heavy atom. The molecule has 0 saturated heterocycles. The van der Waals surface area contributed by atoms with Crippen molar-refractivity contribution in [1.82, 2.24) is 0 Å². The summed E-state index contributed by atoms with van der Waals surface area (Å²) >= 11 is 1.10. The maximum Gasteiger partial charge on any atom is 0.200 e. The van der Waals surface area contributed by atoms with Gasteiger partial charge in [0.05, 0.1) is 11.8 Å². The summed E-state index contributed by atoms with van der Waals surface area (Å²) < 4.78 is 65.7. The number of thioether (sulfide) groups is 1. The van der Waals surface area contributed by atoms with E-state index in [9.17, 15) is 22.0 Å². The molecule has 24 heavy (non-hydrogen) atoms. The molecule has 2 rings (SSSR count). The van der Waals surface area contributed by atoms with Crippen molar-refractivity contribution < 1.29 is 22.0 Å². The lowest BCUT2D eigenvalue weighted by molar-refractivity contribution is 0.377. The van der Waals surface area contributed by atoms with E-state index in [1.54, 1.807) is 0 Å². The van der Waals surface area contributed by atoms with Crippen LogP contribution in [0.3, 0.4) is 0 Å². The van der Waals surface area contributed by atoms with Crippen LogP contribution in [0.15, 0.2) is 40.5 Å². The first-order valence-corrected chi connectivity index (χ1v) is 7.45. The van der Waals surface area contributed by atoms with Gasteiger partial charge in [0.15, 0.2) is 28.4 Å². The third kappa shape index (κ3) is 4.10. The van der Waals surface area contributed by atoms with Crippen molar-refractivity contribution in [2.45, 2.75) is 5.75 Å². The highest BCUT2D eigenvalue weighted by molar-refractivity contribution is 8.13. The Morgan fingerprint density at radius 2 is 1.46 bits per heavy atom. The van der Waals surface area contributed by atoms with Gasteiger partial charge in [-0.2, -0.15) is 5.10 Å². The zero-order chi connectivity index (χ0) is 17.7. The van der Waals surface area contributed by atoms with Gasteiger partial charge < -0.3 is 5.73 Å². The van der Waals surface area contributed by atoms with Crippen LogP contribution in [-0.2, 0) is 5.75 Å². The molecule has 0 unspecified atom stereocenters. The van der Waals surface area contributed by atoms with Gasteiger partial charge in [-0.3, -0.25) is 0 Å². The fourth-order valence-electron chi connectivity index (χ4n) is 1.64. The van der Waals surface area contributed by atoms with Crippen LogP contribution < -0.4 is 5.73 Å². The molecular weight excluding hydrogens is 349 g/mol. The second-order valence-corrected chi connectivity index (χ2v) is 5.44. The van der Waals surface area contributed by atoms with Crippen molar-refractivity contribution in [3.8, 4) is 0 Å². The molecule has 0 aliphatic rings. The molecule has 0 amide bonds. The number of halogens is 5. The van der Waals surface area contributed by atoms with Gasteiger partial charge in [-0.25, -0.2) is 22.0 Å². The molecule has 2 aromatic carbocycles. The first kappa shape index (κ1) is 17.9. The molecule has 0 aliphatic carbocycles. The van der Waals surface area contributed by atoms with E-state index in [1.165, 1.54) is 0 Å². The van der Waals surface area contributed by atoms with E-state index in [0.717, 1.165) is 17.3 Å². The van der Waals surface area contributed by atoms with E-state index in [1.807, 2.05) is 30.3 Å². The van der Waals surface area contributed by atoms with Gasteiger partial charge in [-0.1, -0.05) is 42.1 Å². The Bertz CT molecular complexity index is 764. The highest BCUT2D eigenvalue weighted by Crippen LogP contribution is 2.21. The smallest absolute Gasteiger partial charge is 0.200 e. The molecule has 3 nitrogen and oxygen atoms in total. The fraction of sp³-hybridized carbons (Fsp3) is 0.0667. The summed E-state index contributed by atoms with van der Waals surface area (Å²) in [6, 6.07) is 9.24. The van der Waals surface area contributed by atoms with Crippen LogP contribution in [0, 0.1) is 29.1 Å². The molecule has 0 atom stereocenters. The van der Waals surface area contributed by atoms with Crippen molar-refractivity contribution in [1.29, 1.82) is 0 Å². The Morgan fingerprint density at radius 1 is 0.917 bits per heavy atom. The lowest BCUT2D eigenvalue weighted by atomic mass is 10.2. The molecule has 0 fully saturated rings. The molecule has 0 aliphatic heterocycles. The molecule has 0 spiro atoms. The molecule has 9 heteroatoms. The van der Waals surface area contributed by atoms with Crippen molar-refractivity contribution >= 4 is 23.1 Å². The topological polar surface area (TPSA) is 50.7 Å². The predicted octanol–water partition coefficient (Wildman–Crippen LogP) is 3.96. The number of nitrogens with zero attached hydrogens (tertiary/aromatic N) is 2. The van der Waals surface area contributed by atoms with Crippen LogP contribution in [0.4, 0.5) is 22.0 Å². The van der Waals surface area contributed by atoms with Crippen LogP contribution in [0.5, 0.6) is 0 Å². The number of amidine groups is 1. The average molecular weight is 359 g/mol. The number of nitrogens with two attached hydrogens (primary N) is 1. The van der Waals surface area contributed by atoms with E-state index in [2.05, 4.69) is 10.2 Å². The Labute approximate surface area is 138 Å². The Hall–Kier alpha value is -2.42. The van der Waals surface area contributed by atoms with Gasteiger partial charge >= 0.3 is 0 Å². The van der Waals surface area contributed by atoms with E-state index in [0.29, 0.717) is 12.0 Å². The quantitative estimate of drug-likeness (QED) is 0.224. The first-order chi connectivity index (χ1) is 11.4. The van der Waals surface area contributed by atoms with Crippen molar-refractivity contribution in [3.63, 3.8) is 0 Å². The van der Waals surface area contributed by atoms with Crippen LogP contribution in [0.2, 0.25) is 0 Å². The van der Waals surface area contributed by atoms with E-state index < -0.39 is 34.6 Å². The fourth-order valence-corrected chi connectivity index (χ4v) is 2.25. The third-order valence-electron chi connectivity index (χ3n) is 2.82.